The standard InChI is InChI=1S/C10H8O5.Ca.2H/c1-6(11)15-10(14)8-5-3-2-4-7(8)9(12)13;;;/h2-5H,1H3,(H,12,13);;;. The molecule has 6 heteroatoms. The first kappa shape index (κ1) is 15.1. The van der Waals surface area contributed by atoms with Gasteiger partial charge < -0.3 is 9.84 Å². The van der Waals surface area contributed by atoms with Crippen molar-refractivity contribution >= 4 is 55.6 Å². The van der Waals surface area contributed by atoms with Crippen molar-refractivity contribution in [3.63, 3.8) is 0 Å². The first-order valence-corrected chi connectivity index (χ1v) is 4.07. The van der Waals surface area contributed by atoms with E-state index in [0.29, 0.717) is 0 Å². The predicted molar refractivity (Wildman–Crippen MR) is 58.0 cm³/mol. The number of aromatic carboxylic acids is 1. The van der Waals surface area contributed by atoms with Crippen LogP contribution >= 0.6 is 0 Å². The van der Waals surface area contributed by atoms with E-state index in [9.17, 15) is 14.4 Å². The van der Waals surface area contributed by atoms with E-state index in [2.05, 4.69) is 4.74 Å². The summed E-state index contributed by atoms with van der Waals surface area (Å²) >= 11 is 0. The number of carboxylic acids is 1. The van der Waals surface area contributed by atoms with Crippen LogP contribution in [0.5, 0.6) is 0 Å². The van der Waals surface area contributed by atoms with E-state index in [1.165, 1.54) is 24.3 Å². The van der Waals surface area contributed by atoms with Gasteiger partial charge in [0.25, 0.3) is 0 Å². The molecule has 82 valence electrons. The fraction of sp³-hybridized carbons (Fsp3) is 0.100. The number of hydrogen-bond acceptors (Lipinski definition) is 4. The van der Waals surface area contributed by atoms with Gasteiger partial charge in [-0.2, -0.15) is 0 Å². The van der Waals surface area contributed by atoms with Crippen LogP contribution in [0, 0.1) is 0 Å². The van der Waals surface area contributed by atoms with Crippen molar-refractivity contribution in [1.29, 1.82) is 0 Å². The summed E-state index contributed by atoms with van der Waals surface area (Å²) in [5.74, 6) is -2.98. The fourth-order valence-corrected chi connectivity index (χ4v) is 1.03. The Morgan fingerprint density at radius 3 is 2.06 bits per heavy atom. The van der Waals surface area contributed by atoms with Crippen molar-refractivity contribution in [2.45, 2.75) is 6.92 Å². The summed E-state index contributed by atoms with van der Waals surface area (Å²) in [4.78, 5) is 32.5. The molecule has 1 aromatic carbocycles. The molecule has 0 atom stereocenters. The summed E-state index contributed by atoms with van der Waals surface area (Å²) in [6.07, 6.45) is 0. The predicted octanol–water partition coefficient (Wildman–Crippen LogP) is 0.172. The molecule has 5 nitrogen and oxygen atoms in total. The number of ether oxygens (including phenoxy) is 1. The number of hydrogen-bond donors (Lipinski definition) is 1. The summed E-state index contributed by atoms with van der Waals surface area (Å²) in [5, 5.41) is 8.76. The second-order valence-electron chi connectivity index (χ2n) is 2.73. The summed E-state index contributed by atoms with van der Waals surface area (Å²) in [7, 11) is 0. The first-order valence-electron chi connectivity index (χ1n) is 4.07. The van der Waals surface area contributed by atoms with Crippen LogP contribution in [0.4, 0.5) is 0 Å². The molecule has 0 aliphatic carbocycles. The van der Waals surface area contributed by atoms with Crippen molar-refractivity contribution in [3.05, 3.63) is 35.4 Å². The molecule has 0 unspecified atom stereocenters. The van der Waals surface area contributed by atoms with Crippen molar-refractivity contribution in [3.8, 4) is 0 Å². The molecular formula is C10H10CaO5. The Morgan fingerprint density at radius 2 is 1.62 bits per heavy atom. The number of carbonyl (C=O) groups excluding carboxylic acids is 2. The fourth-order valence-electron chi connectivity index (χ4n) is 1.03. The van der Waals surface area contributed by atoms with Gasteiger partial charge in [0.05, 0.1) is 11.1 Å². The Labute approximate surface area is 121 Å². The molecular weight excluding hydrogens is 240 g/mol. The molecule has 16 heavy (non-hydrogen) atoms. The maximum atomic E-state index is 11.3. The summed E-state index contributed by atoms with van der Waals surface area (Å²) in [6.45, 7) is 1.07. The number of carboxylic acid groups (broad SMARTS) is 1. The summed E-state index contributed by atoms with van der Waals surface area (Å²) in [5.41, 5.74) is -0.330. The molecule has 0 saturated heterocycles. The quantitative estimate of drug-likeness (QED) is 0.460. The molecule has 1 aromatic rings. The maximum absolute atomic E-state index is 11.3. The van der Waals surface area contributed by atoms with Gasteiger partial charge in [-0.15, -0.1) is 0 Å². The molecule has 0 aliphatic heterocycles. The summed E-state index contributed by atoms with van der Waals surface area (Å²) < 4.78 is 4.29. The van der Waals surface area contributed by atoms with Crippen LogP contribution in [0.15, 0.2) is 24.3 Å². The van der Waals surface area contributed by atoms with Crippen LogP contribution in [0.25, 0.3) is 0 Å². The van der Waals surface area contributed by atoms with Crippen LogP contribution < -0.4 is 0 Å². The number of benzene rings is 1. The molecule has 1 N–H and O–H groups in total. The molecule has 0 amide bonds. The zero-order valence-corrected chi connectivity index (χ0v) is 7.89. The molecule has 0 saturated carbocycles. The average Bonchev–Trinajstić information content (AvgIpc) is 2.16. The van der Waals surface area contributed by atoms with Gasteiger partial charge in [0.15, 0.2) is 0 Å². The van der Waals surface area contributed by atoms with Gasteiger partial charge in [0.1, 0.15) is 0 Å². The van der Waals surface area contributed by atoms with Crippen LogP contribution in [-0.4, -0.2) is 60.8 Å². The van der Waals surface area contributed by atoms with Gasteiger partial charge in [-0.3, -0.25) is 4.79 Å². The zero-order valence-electron chi connectivity index (χ0n) is 7.89. The Morgan fingerprint density at radius 1 is 1.12 bits per heavy atom. The Hall–Kier alpha value is -0.910. The molecule has 0 radical (unpaired) electrons. The van der Waals surface area contributed by atoms with Gasteiger partial charge >= 0.3 is 55.6 Å². The van der Waals surface area contributed by atoms with Gasteiger partial charge in [-0.1, -0.05) is 12.1 Å². The van der Waals surface area contributed by atoms with E-state index in [1.54, 1.807) is 0 Å². The third-order valence-corrected chi connectivity index (χ3v) is 1.61. The van der Waals surface area contributed by atoms with Crippen molar-refractivity contribution in [2.75, 3.05) is 0 Å². The van der Waals surface area contributed by atoms with E-state index in [4.69, 9.17) is 5.11 Å². The second-order valence-corrected chi connectivity index (χ2v) is 2.73. The third kappa shape index (κ3) is 3.92. The topological polar surface area (TPSA) is 80.7 Å². The van der Waals surface area contributed by atoms with Gasteiger partial charge in [-0.25, -0.2) is 9.59 Å². The normalized spacial score (nSPS) is 8.81. The second kappa shape index (κ2) is 6.62. The Bertz CT molecular complexity index is 427. The van der Waals surface area contributed by atoms with Gasteiger partial charge in [-0.05, 0) is 12.1 Å². The number of esters is 2. The van der Waals surface area contributed by atoms with Gasteiger partial charge in [0, 0.05) is 6.92 Å². The third-order valence-electron chi connectivity index (χ3n) is 1.61. The first-order chi connectivity index (χ1) is 7.02. The Kier molecular flexibility index (Phi) is 6.25. The monoisotopic (exact) mass is 250 g/mol. The van der Waals surface area contributed by atoms with Crippen LogP contribution in [0.2, 0.25) is 0 Å². The molecule has 0 spiro atoms. The zero-order chi connectivity index (χ0) is 11.4. The van der Waals surface area contributed by atoms with Crippen LogP contribution in [0.3, 0.4) is 0 Å². The van der Waals surface area contributed by atoms with Crippen LogP contribution in [-0.2, 0) is 9.53 Å². The van der Waals surface area contributed by atoms with E-state index < -0.39 is 17.9 Å². The minimum absolute atomic E-state index is 0. The molecule has 0 aliphatic rings. The number of rotatable bonds is 2. The Balaban J connectivity index is 0.00000225. The van der Waals surface area contributed by atoms with E-state index in [-0.39, 0.29) is 48.9 Å². The molecule has 1 rings (SSSR count). The SMILES string of the molecule is CC(=O)OC(=O)c1ccccc1C(=O)O.[CaH2]. The van der Waals surface area contributed by atoms with E-state index in [1.807, 2.05) is 0 Å². The van der Waals surface area contributed by atoms with Crippen molar-refractivity contribution in [2.24, 2.45) is 0 Å². The molecule has 0 aromatic heterocycles. The van der Waals surface area contributed by atoms with Crippen molar-refractivity contribution in [1.82, 2.24) is 0 Å². The van der Waals surface area contributed by atoms with E-state index >= 15 is 0 Å². The van der Waals surface area contributed by atoms with Crippen LogP contribution in [0.1, 0.15) is 27.6 Å². The minimum atomic E-state index is -1.24. The molecule has 0 bridgehead atoms. The van der Waals surface area contributed by atoms with E-state index in [0.717, 1.165) is 6.92 Å². The van der Waals surface area contributed by atoms with Gasteiger partial charge in [0.2, 0.25) is 0 Å². The van der Waals surface area contributed by atoms with Crippen molar-refractivity contribution < 1.29 is 24.2 Å². The average molecular weight is 250 g/mol. The number of carbonyl (C=O) groups is 3. The molecule has 0 fully saturated rings. The summed E-state index contributed by atoms with van der Waals surface area (Å²) in [6, 6.07) is 5.52. The molecule has 0 heterocycles.